The zero-order valence-corrected chi connectivity index (χ0v) is 19.8. The lowest BCUT2D eigenvalue weighted by atomic mass is 9.86. The number of hydrogen-bond acceptors (Lipinski definition) is 4. The van der Waals surface area contributed by atoms with E-state index in [2.05, 4.69) is 43.5 Å². The van der Waals surface area contributed by atoms with Crippen LogP contribution in [0, 0.1) is 17.0 Å². The number of nitrogens with one attached hydrogen (secondary N) is 2. The predicted molar refractivity (Wildman–Crippen MR) is 124 cm³/mol. The van der Waals surface area contributed by atoms with Crippen molar-refractivity contribution < 1.29 is 23.4 Å². The largest absolute Gasteiger partial charge is 0.493 e. The molecule has 7 heteroatoms. The van der Waals surface area contributed by atoms with Crippen LogP contribution in [0.3, 0.4) is 0 Å². The average molecular weight is 461 g/mol. The average Bonchev–Trinajstić information content (AvgIpc) is 2.69. The third-order valence-electron chi connectivity index (χ3n) is 5.65. The van der Waals surface area contributed by atoms with Gasteiger partial charge in [0.1, 0.15) is 17.4 Å². The van der Waals surface area contributed by atoms with E-state index < -0.39 is 23.8 Å². The zero-order valence-electron chi connectivity index (χ0n) is 19.8. The summed E-state index contributed by atoms with van der Waals surface area (Å²) < 4.78 is 33.0. The van der Waals surface area contributed by atoms with Crippen LogP contribution in [-0.2, 0) is 17.6 Å². The fourth-order valence-corrected chi connectivity index (χ4v) is 4.31. The van der Waals surface area contributed by atoms with Crippen LogP contribution in [-0.4, -0.2) is 36.3 Å². The maximum Gasteiger partial charge on any atom is 0.217 e. The first-order chi connectivity index (χ1) is 15.5. The molecule has 1 aliphatic rings. The summed E-state index contributed by atoms with van der Waals surface area (Å²) in [5.74, 6) is -0.869. The quantitative estimate of drug-likeness (QED) is 0.555. The van der Waals surface area contributed by atoms with Gasteiger partial charge < -0.3 is 20.5 Å². The molecule has 0 fully saturated rings. The Kier molecular flexibility index (Phi) is 8.08. The van der Waals surface area contributed by atoms with E-state index in [1.54, 1.807) is 0 Å². The molecule has 180 valence electrons. The molecule has 0 unspecified atom stereocenters. The molecule has 0 aliphatic carbocycles. The number of halogens is 2. The molecular formula is C26H34F2N2O3. The van der Waals surface area contributed by atoms with Crippen molar-refractivity contribution in [2.45, 2.75) is 65.1 Å². The monoisotopic (exact) mass is 460 g/mol. The highest BCUT2D eigenvalue weighted by Crippen LogP contribution is 2.34. The molecule has 2 aromatic rings. The van der Waals surface area contributed by atoms with Gasteiger partial charge in [0.2, 0.25) is 5.91 Å². The Bertz CT molecular complexity index is 954. The van der Waals surface area contributed by atoms with E-state index in [1.807, 2.05) is 6.07 Å². The molecule has 0 bridgehead atoms. The lowest BCUT2D eigenvalue weighted by Crippen LogP contribution is -2.48. The molecule has 1 aliphatic heterocycles. The Morgan fingerprint density at radius 1 is 1.15 bits per heavy atom. The zero-order chi connectivity index (χ0) is 24.2. The van der Waals surface area contributed by atoms with Gasteiger partial charge in [0.05, 0.1) is 18.8 Å². The second kappa shape index (κ2) is 10.6. The number of amides is 1. The topological polar surface area (TPSA) is 70.6 Å². The van der Waals surface area contributed by atoms with Gasteiger partial charge in [0, 0.05) is 37.6 Å². The van der Waals surface area contributed by atoms with Gasteiger partial charge >= 0.3 is 0 Å². The van der Waals surface area contributed by atoms with Crippen LogP contribution < -0.4 is 15.4 Å². The molecule has 2 aromatic carbocycles. The number of rotatable bonds is 8. The molecule has 3 N–H and O–H groups in total. The van der Waals surface area contributed by atoms with Gasteiger partial charge in [-0.25, -0.2) is 8.78 Å². The van der Waals surface area contributed by atoms with Crippen LogP contribution in [0.25, 0.3) is 0 Å². The first kappa shape index (κ1) is 25.1. The second-order valence-corrected chi connectivity index (χ2v) is 10.1. The minimum atomic E-state index is -0.954. The van der Waals surface area contributed by atoms with E-state index in [1.165, 1.54) is 24.6 Å². The highest BCUT2D eigenvalue weighted by Gasteiger charge is 2.26. The molecule has 0 aromatic heterocycles. The summed E-state index contributed by atoms with van der Waals surface area (Å²) in [6.07, 6.45) is 0.838. The van der Waals surface area contributed by atoms with E-state index >= 15 is 0 Å². The van der Waals surface area contributed by atoms with Crippen molar-refractivity contribution in [1.82, 2.24) is 10.6 Å². The Hall–Kier alpha value is -2.51. The Labute approximate surface area is 194 Å². The van der Waals surface area contributed by atoms with E-state index in [0.717, 1.165) is 30.2 Å². The first-order valence-electron chi connectivity index (χ1n) is 11.4. The van der Waals surface area contributed by atoms with Gasteiger partial charge in [-0.05, 0) is 47.6 Å². The maximum absolute atomic E-state index is 13.6. The fraction of sp³-hybridized carbons (Fsp3) is 0.500. The third-order valence-corrected chi connectivity index (χ3v) is 5.65. The Morgan fingerprint density at radius 3 is 2.48 bits per heavy atom. The van der Waals surface area contributed by atoms with Crippen LogP contribution in [0.4, 0.5) is 8.78 Å². The minimum absolute atomic E-state index is 0.00656. The number of carbonyl (C=O) groups is 1. The Balaban J connectivity index is 1.70. The molecule has 0 spiro atoms. The number of ether oxygens (including phenoxy) is 1. The van der Waals surface area contributed by atoms with Crippen molar-refractivity contribution in [2.24, 2.45) is 5.41 Å². The summed E-state index contributed by atoms with van der Waals surface area (Å²) >= 11 is 0. The van der Waals surface area contributed by atoms with Crippen LogP contribution in [0.15, 0.2) is 36.4 Å². The number of benzene rings is 2. The van der Waals surface area contributed by atoms with Crippen molar-refractivity contribution >= 4 is 5.91 Å². The van der Waals surface area contributed by atoms with Gasteiger partial charge in [0.25, 0.3) is 0 Å². The molecular weight excluding hydrogens is 426 g/mol. The van der Waals surface area contributed by atoms with Gasteiger partial charge in [-0.3, -0.25) is 4.79 Å². The van der Waals surface area contributed by atoms with Crippen LogP contribution >= 0.6 is 0 Å². The summed E-state index contributed by atoms with van der Waals surface area (Å²) in [6, 6.07) is 8.77. The first-order valence-corrected chi connectivity index (χ1v) is 11.4. The second-order valence-electron chi connectivity index (χ2n) is 10.1. The summed E-state index contributed by atoms with van der Waals surface area (Å²) in [6.45, 7) is 8.71. The molecule has 33 heavy (non-hydrogen) atoms. The summed E-state index contributed by atoms with van der Waals surface area (Å²) in [4.78, 5) is 11.7. The summed E-state index contributed by atoms with van der Waals surface area (Å²) in [5, 5.41) is 17.0. The normalized spacial score (nSPS) is 17.6. The van der Waals surface area contributed by atoms with Gasteiger partial charge in [-0.2, -0.15) is 0 Å². The van der Waals surface area contributed by atoms with Gasteiger partial charge in [0.15, 0.2) is 0 Å². The van der Waals surface area contributed by atoms with Crippen molar-refractivity contribution in [2.75, 3.05) is 13.2 Å². The lowest BCUT2D eigenvalue weighted by Gasteiger charge is -2.30. The molecule has 5 nitrogen and oxygen atoms in total. The number of aliphatic hydroxyl groups excluding tert-OH is 1. The molecule has 1 heterocycles. The lowest BCUT2D eigenvalue weighted by molar-refractivity contribution is -0.120. The van der Waals surface area contributed by atoms with Crippen molar-refractivity contribution in [3.63, 3.8) is 0 Å². The molecule has 3 rings (SSSR count). The summed E-state index contributed by atoms with van der Waals surface area (Å²) in [7, 11) is 0. The van der Waals surface area contributed by atoms with E-state index in [-0.39, 0.29) is 30.3 Å². The molecule has 0 saturated carbocycles. The molecule has 1 amide bonds. The van der Waals surface area contributed by atoms with Crippen molar-refractivity contribution in [3.8, 4) is 5.75 Å². The molecule has 3 atom stereocenters. The van der Waals surface area contributed by atoms with Crippen molar-refractivity contribution in [1.29, 1.82) is 0 Å². The third kappa shape index (κ3) is 7.51. The van der Waals surface area contributed by atoms with E-state index in [0.29, 0.717) is 12.2 Å². The number of fused-ring (bicyclic) bond motifs is 1. The summed E-state index contributed by atoms with van der Waals surface area (Å²) in [5.41, 5.74) is 2.81. The standard InChI is InChI=1S/C26H34F2N2O3/c1-16(31)30-23(12-18-9-19(27)13-20(28)10-18)24(32)15-29-22-7-8-33-25-6-5-17(11-21(22)25)14-26(2,3)4/h5-6,9-11,13,22-24,29,32H,7-8,12,14-15H2,1-4H3,(H,30,31)/t22-,23+,24-/m1/s1. The van der Waals surface area contributed by atoms with Gasteiger partial charge in [-0.15, -0.1) is 0 Å². The smallest absolute Gasteiger partial charge is 0.217 e. The van der Waals surface area contributed by atoms with Gasteiger partial charge in [-0.1, -0.05) is 32.9 Å². The highest BCUT2D eigenvalue weighted by atomic mass is 19.1. The van der Waals surface area contributed by atoms with Crippen LogP contribution in [0.5, 0.6) is 5.75 Å². The number of hydrogen-bond donors (Lipinski definition) is 3. The predicted octanol–water partition coefficient (Wildman–Crippen LogP) is 4.07. The van der Waals surface area contributed by atoms with Crippen molar-refractivity contribution in [3.05, 3.63) is 64.7 Å². The van der Waals surface area contributed by atoms with Crippen LogP contribution in [0.1, 0.15) is 56.8 Å². The minimum Gasteiger partial charge on any atom is -0.493 e. The highest BCUT2D eigenvalue weighted by molar-refractivity contribution is 5.73. The molecule has 0 radical (unpaired) electrons. The number of aliphatic hydroxyl groups is 1. The molecule has 0 saturated heterocycles. The van der Waals surface area contributed by atoms with E-state index in [9.17, 15) is 18.7 Å². The fourth-order valence-electron chi connectivity index (χ4n) is 4.31. The maximum atomic E-state index is 13.6. The SMILES string of the molecule is CC(=O)N[C@@H](Cc1cc(F)cc(F)c1)[C@H](O)CN[C@@H]1CCOc2ccc(CC(C)(C)C)cc21. The van der Waals surface area contributed by atoms with E-state index in [4.69, 9.17) is 4.74 Å². The number of carbonyl (C=O) groups excluding carboxylic acids is 1. The van der Waals surface area contributed by atoms with Crippen LogP contribution in [0.2, 0.25) is 0 Å². The Morgan fingerprint density at radius 2 is 1.85 bits per heavy atom.